The van der Waals surface area contributed by atoms with Crippen LogP contribution in [-0.2, 0) is 4.79 Å². The summed E-state index contributed by atoms with van der Waals surface area (Å²) in [5, 5.41) is 3.05. The van der Waals surface area contributed by atoms with Crippen LogP contribution in [0.4, 0.5) is 0 Å². The van der Waals surface area contributed by atoms with Gasteiger partial charge in [-0.3, -0.25) is 4.79 Å². The molecule has 4 heteroatoms. The Morgan fingerprint density at radius 2 is 1.86 bits per heavy atom. The molecule has 22 heavy (non-hydrogen) atoms. The summed E-state index contributed by atoms with van der Waals surface area (Å²) in [5.74, 6) is 1.93. The zero-order valence-electron chi connectivity index (χ0n) is 13.0. The third-order valence-corrected chi connectivity index (χ3v) is 5.16. The van der Waals surface area contributed by atoms with Crippen molar-refractivity contribution in [2.45, 2.75) is 44.6 Å². The highest BCUT2D eigenvalue weighted by Crippen LogP contribution is 2.49. The first-order valence-corrected chi connectivity index (χ1v) is 8.34. The summed E-state index contributed by atoms with van der Waals surface area (Å²) in [4.78, 5) is 12.2. The quantitative estimate of drug-likeness (QED) is 0.872. The van der Waals surface area contributed by atoms with Gasteiger partial charge in [0, 0.05) is 18.5 Å². The minimum absolute atomic E-state index is 0. The van der Waals surface area contributed by atoms with Crippen LogP contribution >= 0.6 is 12.4 Å². The second-order valence-electron chi connectivity index (χ2n) is 6.67. The highest BCUT2D eigenvalue weighted by molar-refractivity contribution is 5.85. The van der Waals surface area contributed by atoms with E-state index >= 15 is 0 Å². The summed E-state index contributed by atoms with van der Waals surface area (Å²) in [6, 6.07) is 9.86. The molecule has 0 radical (unpaired) electrons. The second kappa shape index (κ2) is 7.98. The largest absolute Gasteiger partial charge is 0.354 e. The van der Waals surface area contributed by atoms with Crippen molar-refractivity contribution in [3.63, 3.8) is 0 Å². The van der Waals surface area contributed by atoms with Gasteiger partial charge >= 0.3 is 0 Å². The van der Waals surface area contributed by atoms with Crippen molar-refractivity contribution in [2.75, 3.05) is 6.54 Å². The number of amides is 1. The van der Waals surface area contributed by atoms with Gasteiger partial charge in [-0.1, -0.05) is 62.4 Å². The van der Waals surface area contributed by atoms with Crippen molar-refractivity contribution in [1.29, 1.82) is 0 Å². The number of benzene rings is 1. The van der Waals surface area contributed by atoms with Gasteiger partial charge in [-0.25, -0.2) is 0 Å². The molecule has 0 saturated heterocycles. The van der Waals surface area contributed by atoms with Crippen molar-refractivity contribution < 1.29 is 4.79 Å². The summed E-state index contributed by atoms with van der Waals surface area (Å²) in [5.41, 5.74) is 7.21. The normalized spacial score (nSPS) is 25.9. The van der Waals surface area contributed by atoms with Crippen LogP contribution in [0.2, 0.25) is 0 Å². The Hall–Kier alpha value is -1.06. The van der Waals surface area contributed by atoms with E-state index in [1.165, 1.54) is 32.1 Å². The minimum atomic E-state index is -0.109. The molecule has 1 aromatic carbocycles. The number of rotatable bonds is 5. The molecule has 1 amide bonds. The molecule has 3 rings (SSSR count). The molecule has 2 aliphatic carbocycles. The minimum Gasteiger partial charge on any atom is -0.354 e. The molecule has 3 unspecified atom stereocenters. The zero-order valence-corrected chi connectivity index (χ0v) is 13.9. The van der Waals surface area contributed by atoms with E-state index in [4.69, 9.17) is 5.73 Å². The van der Waals surface area contributed by atoms with E-state index in [0.717, 1.165) is 17.9 Å². The van der Waals surface area contributed by atoms with Gasteiger partial charge in [-0.05, 0) is 23.8 Å². The Bertz CT molecular complexity index is 473. The third-order valence-electron chi connectivity index (χ3n) is 5.16. The molecule has 3 N–H and O–H groups in total. The Labute approximate surface area is 139 Å². The Morgan fingerprint density at radius 3 is 2.55 bits per heavy atom. The van der Waals surface area contributed by atoms with Gasteiger partial charge < -0.3 is 11.1 Å². The summed E-state index contributed by atoms with van der Waals surface area (Å²) in [6.07, 6.45) is 7.85. The highest BCUT2D eigenvalue weighted by atomic mass is 35.5. The van der Waals surface area contributed by atoms with Crippen LogP contribution in [0.25, 0.3) is 0 Å². The maximum absolute atomic E-state index is 12.2. The van der Waals surface area contributed by atoms with Crippen LogP contribution < -0.4 is 11.1 Å². The topological polar surface area (TPSA) is 55.1 Å². The standard InChI is InChI=1S/C18H26N2O.ClH/c19-17(14-9-5-2-6-10-14)12-20-18(21)16-11-15(16)13-7-3-1-4-8-13;/h2,5-6,9-10,13,15-17H,1,3-4,7-8,11-12,19H2,(H,20,21);1H. The van der Waals surface area contributed by atoms with Crippen molar-refractivity contribution in [3.05, 3.63) is 35.9 Å². The van der Waals surface area contributed by atoms with Crippen molar-refractivity contribution in [3.8, 4) is 0 Å². The van der Waals surface area contributed by atoms with Crippen LogP contribution in [0.3, 0.4) is 0 Å². The van der Waals surface area contributed by atoms with Crippen molar-refractivity contribution in [2.24, 2.45) is 23.5 Å². The zero-order chi connectivity index (χ0) is 14.7. The predicted octanol–water partition coefficient (Wildman–Crippen LogP) is 3.44. The van der Waals surface area contributed by atoms with Gasteiger partial charge in [0.2, 0.25) is 5.91 Å². The predicted molar refractivity (Wildman–Crippen MR) is 91.8 cm³/mol. The van der Waals surface area contributed by atoms with Gasteiger partial charge in [-0.15, -0.1) is 12.4 Å². The van der Waals surface area contributed by atoms with Crippen molar-refractivity contribution >= 4 is 18.3 Å². The number of hydrogen-bond donors (Lipinski definition) is 2. The number of hydrogen-bond acceptors (Lipinski definition) is 2. The van der Waals surface area contributed by atoms with Crippen LogP contribution in [0.1, 0.15) is 50.1 Å². The molecule has 122 valence electrons. The Morgan fingerprint density at radius 1 is 1.18 bits per heavy atom. The van der Waals surface area contributed by atoms with E-state index < -0.39 is 0 Å². The van der Waals surface area contributed by atoms with Gasteiger partial charge in [0.25, 0.3) is 0 Å². The van der Waals surface area contributed by atoms with Crippen molar-refractivity contribution in [1.82, 2.24) is 5.32 Å². The first kappa shape index (κ1) is 17.3. The van der Waals surface area contributed by atoms with Gasteiger partial charge in [-0.2, -0.15) is 0 Å². The SMILES string of the molecule is Cl.NC(CNC(=O)C1CC1C1CCCCC1)c1ccccc1. The fourth-order valence-electron chi connectivity index (χ4n) is 3.76. The van der Waals surface area contributed by atoms with E-state index in [2.05, 4.69) is 5.32 Å². The molecule has 0 bridgehead atoms. The fraction of sp³-hybridized carbons (Fsp3) is 0.611. The molecule has 0 spiro atoms. The lowest BCUT2D eigenvalue weighted by Crippen LogP contribution is -2.33. The lowest BCUT2D eigenvalue weighted by atomic mass is 9.85. The molecular formula is C18H27ClN2O. The van der Waals surface area contributed by atoms with Crippen LogP contribution in [-0.4, -0.2) is 12.5 Å². The number of halogens is 1. The maximum atomic E-state index is 12.2. The molecular weight excluding hydrogens is 296 g/mol. The summed E-state index contributed by atoms with van der Waals surface area (Å²) in [7, 11) is 0. The first-order valence-electron chi connectivity index (χ1n) is 8.34. The average molecular weight is 323 g/mol. The number of nitrogens with one attached hydrogen (secondary N) is 1. The van der Waals surface area contributed by atoms with E-state index in [9.17, 15) is 4.79 Å². The first-order chi connectivity index (χ1) is 10.3. The maximum Gasteiger partial charge on any atom is 0.223 e. The molecule has 2 aliphatic rings. The summed E-state index contributed by atoms with van der Waals surface area (Å²) >= 11 is 0. The molecule has 2 saturated carbocycles. The van der Waals surface area contributed by atoms with Gasteiger partial charge in [0.05, 0.1) is 0 Å². The fourth-order valence-corrected chi connectivity index (χ4v) is 3.76. The Kier molecular flexibility index (Phi) is 6.27. The molecule has 0 aliphatic heterocycles. The smallest absolute Gasteiger partial charge is 0.223 e. The molecule has 0 heterocycles. The van der Waals surface area contributed by atoms with Crippen LogP contribution in [0.15, 0.2) is 30.3 Å². The van der Waals surface area contributed by atoms with E-state index in [1.54, 1.807) is 0 Å². The Balaban J connectivity index is 0.00000176. The van der Waals surface area contributed by atoms with Crippen LogP contribution in [0, 0.1) is 17.8 Å². The molecule has 3 atom stereocenters. The van der Waals surface area contributed by atoms with E-state index in [0.29, 0.717) is 12.5 Å². The third kappa shape index (κ3) is 4.23. The molecule has 2 fully saturated rings. The number of carbonyl (C=O) groups excluding carboxylic acids is 1. The van der Waals surface area contributed by atoms with E-state index in [1.807, 2.05) is 30.3 Å². The number of carbonyl (C=O) groups is 1. The van der Waals surface area contributed by atoms with Gasteiger partial charge in [0.1, 0.15) is 0 Å². The van der Waals surface area contributed by atoms with Crippen LogP contribution in [0.5, 0.6) is 0 Å². The summed E-state index contributed by atoms with van der Waals surface area (Å²) in [6.45, 7) is 0.538. The average Bonchev–Trinajstić information content (AvgIpc) is 3.35. The highest BCUT2D eigenvalue weighted by Gasteiger charge is 2.47. The molecule has 0 aromatic heterocycles. The lowest BCUT2D eigenvalue weighted by molar-refractivity contribution is -0.122. The summed E-state index contributed by atoms with van der Waals surface area (Å²) < 4.78 is 0. The van der Waals surface area contributed by atoms with Gasteiger partial charge in [0.15, 0.2) is 0 Å². The second-order valence-corrected chi connectivity index (χ2v) is 6.67. The van der Waals surface area contributed by atoms with E-state index in [-0.39, 0.29) is 30.3 Å². The number of nitrogens with two attached hydrogens (primary N) is 1. The molecule has 1 aromatic rings. The monoisotopic (exact) mass is 322 g/mol. The molecule has 3 nitrogen and oxygen atoms in total. The lowest BCUT2D eigenvalue weighted by Gasteiger charge is -2.21.